The quantitative estimate of drug-likeness (QED) is 0.411. The molecule has 1 aliphatic rings. The first-order valence-electron chi connectivity index (χ1n) is 12.1. The van der Waals surface area contributed by atoms with Gasteiger partial charge in [-0.1, -0.05) is 42.5 Å². The van der Waals surface area contributed by atoms with Crippen LogP contribution >= 0.6 is 0 Å². The zero-order chi connectivity index (χ0) is 24.9. The zero-order valence-electron chi connectivity index (χ0n) is 20.2. The summed E-state index contributed by atoms with van der Waals surface area (Å²) in [5.41, 5.74) is 4.13. The van der Waals surface area contributed by atoms with Crippen LogP contribution in [0.3, 0.4) is 0 Å². The lowest BCUT2D eigenvalue weighted by Crippen LogP contribution is -2.43. The maximum absolute atomic E-state index is 13.6. The fourth-order valence-corrected chi connectivity index (χ4v) is 4.49. The second-order valence-electron chi connectivity index (χ2n) is 8.92. The number of aryl methyl sites for hydroxylation is 2. The van der Waals surface area contributed by atoms with E-state index in [1.807, 2.05) is 55.5 Å². The Morgan fingerprint density at radius 2 is 1.86 bits per heavy atom. The molecular weight excluding hydrogens is 456 g/mol. The number of nitrogens with zero attached hydrogens (tertiary/aromatic N) is 5. The number of hydrogen-bond donors (Lipinski definition) is 1. The maximum atomic E-state index is 13.6. The highest BCUT2D eigenvalue weighted by molar-refractivity contribution is 5.99. The third kappa shape index (κ3) is 5.35. The minimum absolute atomic E-state index is 0.0962. The van der Waals surface area contributed by atoms with E-state index >= 15 is 0 Å². The zero-order valence-corrected chi connectivity index (χ0v) is 20.2. The topological polar surface area (TPSA) is 106 Å². The van der Waals surface area contributed by atoms with E-state index < -0.39 is 0 Å². The van der Waals surface area contributed by atoms with Gasteiger partial charge in [0.2, 0.25) is 11.7 Å². The minimum atomic E-state index is -0.289. The Bertz CT molecular complexity index is 1360. The molecule has 2 heterocycles. The van der Waals surface area contributed by atoms with Crippen molar-refractivity contribution in [3.8, 4) is 11.6 Å². The summed E-state index contributed by atoms with van der Waals surface area (Å²) >= 11 is 0. The molecule has 0 saturated heterocycles. The standard InChI is InChI=1S/C27H28N6O3/c1-19-14-15-24(36-19)27-29-31-33(30-27)18-26(35)32(17-25(34)28-16-20-8-3-2-4-9-20)23-13-7-11-21-10-5-6-12-22(21)23/h2-4,7-9,11,13-15H,5-6,10,12,16-18H2,1H3,(H,28,34). The molecule has 184 valence electrons. The van der Waals surface area contributed by atoms with Crippen LogP contribution < -0.4 is 10.2 Å². The van der Waals surface area contributed by atoms with Gasteiger partial charge in [0, 0.05) is 12.2 Å². The molecule has 2 aromatic heterocycles. The van der Waals surface area contributed by atoms with Crippen LogP contribution in [0.15, 0.2) is 65.1 Å². The monoisotopic (exact) mass is 484 g/mol. The lowest BCUT2D eigenvalue weighted by Gasteiger charge is -2.28. The van der Waals surface area contributed by atoms with E-state index in [1.165, 1.54) is 10.4 Å². The molecular formula is C27H28N6O3. The highest BCUT2D eigenvalue weighted by Crippen LogP contribution is 2.30. The van der Waals surface area contributed by atoms with Gasteiger partial charge in [0.05, 0.1) is 0 Å². The van der Waals surface area contributed by atoms with Crippen LogP contribution in [0.2, 0.25) is 0 Å². The molecule has 0 aliphatic heterocycles. The number of hydrogen-bond acceptors (Lipinski definition) is 6. The van der Waals surface area contributed by atoms with Crippen molar-refractivity contribution in [2.75, 3.05) is 11.4 Å². The summed E-state index contributed by atoms with van der Waals surface area (Å²) in [5, 5.41) is 15.3. The second kappa shape index (κ2) is 10.6. The van der Waals surface area contributed by atoms with Crippen LogP contribution in [0.4, 0.5) is 5.69 Å². The molecule has 0 bridgehead atoms. The van der Waals surface area contributed by atoms with E-state index in [1.54, 1.807) is 11.0 Å². The highest BCUT2D eigenvalue weighted by atomic mass is 16.3. The number of carbonyl (C=O) groups is 2. The molecule has 0 atom stereocenters. The Morgan fingerprint density at radius 3 is 2.67 bits per heavy atom. The largest absolute Gasteiger partial charge is 0.458 e. The van der Waals surface area contributed by atoms with E-state index in [9.17, 15) is 9.59 Å². The smallest absolute Gasteiger partial charge is 0.251 e. The van der Waals surface area contributed by atoms with Gasteiger partial charge in [-0.05, 0) is 72.7 Å². The maximum Gasteiger partial charge on any atom is 0.251 e. The number of fused-ring (bicyclic) bond motifs is 1. The first kappa shape index (κ1) is 23.5. The average Bonchev–Trinajstić information content (AvgIpc) is 3.55. The van der Waals surface area contributed by atoms with Crippen LogP contribution in [-0.2, 0) is 35.5 Å². The summed E-state index contributed by atoms with van der Waals surface area (Å²) < 4.78 is 5.56. The van der Waals surface area contributed by atoms with Gasteiger partial charge < -0.3 is 14.6 Å². The fraction of sp³-hybridized carbons (Fsp3) is 0.296. The lowest BCUT2D eigenvalue weighted by molar-refractivity contribution is -0.124. The normalized spacial score (nSPS) is 12.7. The number of furan rings is 1. The molecule has 0 fully saturated rings. The van der Waals surface area contributed by atoms with Crippen LogP contribution in [0, 0.1) is 6.92 Å². The van der Waals surface area contributed by atoms with Crippen molar-refractivity contribution >= 4 is 17.5 Å². The average molecular weight is 485 g/mol. The predicted octanol–water partition coefficient (Wildman–Crippen LogP) is 3.47. The molecule has 2 aromatic carbocycles. The molecule has 9 nitrogen and oxygen atoms in total. The summed E-state index contributed by atoms with van der Waals surface area (Å²) in [6.45, 7) is 1.98. The third-order valence-electron chi connectivity index (χ3n) is 6.29. The van der Waals surface area contributed by atoms with E-state index in [2.05, 4.69) is 26.8 Å². The predicted molar refractivity (Wildman–Crippen MR) is 134 cm³/mol. The van der Waals surface area contributed by atoms with Crippen LogP contribution in [0.5, 0.6) is 0 Å². The van der Waals surface area contributed by atoms with Gasteiger partial charge in [-0.3, -0.25) is 9.59 Å². The van der Waals surface area contributed by atoms with Gasteiger partial charge in [0.1, 0.15) is 18.8 Å². The van der Waals surface area contributed by atoms with Crippen molar-refractivity contribution in [3.63, 3.8) is 0 Å². The van der Waals surface area contributed by atoms with Gasteiger partial charge >= 0.3 is 0 Å². The summed E-state index contributed by atoms with van der Waals surface area (Å²) in [6, 6.07) is 19.2. The molecule has 5 rings (SSSR count). The first-order chi connectivity index (χ1) is 17.6. The Labute approximate surface area is 209 Å². The summed E-state index contributed by atoms with van der Waals surface area (Å²) in [5.74, 6) is 1.00. The molecule has 1 N–H and O–H groups in total. The van der Waals surface area contributed by atoms with Crippen LogP contribution in [-0.4, -0.2) is 38.6 Å². The van der Waals surface area contributed by atoms with Gasteiger partial charge in [0.25, 0.3) is 5.91 Å². The van der Waals surface area contributed by atoms with Crippen molar-refractivity contribution < 1.29 is 14.0 Å². The number of rotatable bonds is 8. The molecule has 1 aliphatic carbocycles. The Balaban J connectivity index is 1.36. The number of aromatic nitrogens is 4. The molecule has 0 unspecified atom stereocenters. The van der Waals surface area contributed by atoms with Crippen molar-refractivity contribution in [1.29, 1.82) is 0 Å². The molecule has 2 amide bonds. The number of anilines is 1. The second-order valence-corrected chi connectivity index (χ2v) is 8.92. The fourth-order valence-electron chi connectivity index (χ4n) is 4.49. The SMILES string of the molecule is Cc1ccc(-c2nnn(CC(=O)N(CC(=O)NCc3ccccc3)c3cccc4c3CCCC4)n2)o1. The number of carbonyl (C=O) groups excluding carboxylic acids is 2. The summed E-state index contributed by atoms with van der Waals surface area (Å²) in [4.78, 5) is 29.3. The molecule has 4 aromatic rings. The van der Waals surface area contributed by atoms with Crippen molar-refractivity contribution in [3.05, 3.63) is 83.1 Å². The summed E-state index contributed by atoms with van der Waals surface area (Å²) in [6.07, 6.45) is 4.04. The Kier molecular flexibility index (Phi) is 6.88. The van der Waals surface area contributed by atoms with Crippen LogP contribution in [0.25, 0.3) is 11.6 Å². The Hall–Kier alpha value is -4.27. The van der Waals surface area contributed by atoms with Gasteiger partial charge in [-0.15, -0.1) is 10.2 Å². The third-order valence-corrected chi connectivity index (χ3v) is 6.29. The van der Waals surface area contributed by atoms with Gasteiger partial charge in [-0.2, -0.15) is 4.80 Å². The lowest BCUT2D eigenvalue weighted by atomic mass is 9.90. The first-order valence-corrected chi connectivity index (χ1v) is 12.1. The van der Waals surface area contributed by atoms with Crippen molar-refractivity contribution in [1.82, 2.24) is 25.5 Å². The van der Waals surface area contributed by atoms with E-state index in [0.717, 1.165) is 48.3 Å². The summed E-state index contributed by atoms with van der Waals surface area (Å²) in [7, 11) is 0. The molecule has 0 radical (unpaired) electrons. The molecule has 36 heavy (non-hydrogen) atoms. The van der Waals surface area contributed by atoms with Gasteiger partial charge in [-0.25, -0.2) is 0 Å². The van der Waals surface area contributed by atoms with Crippen molar-refractivity contribution in [2.45, 2.75) is 45.7 Å². The van der Waals surface area contributed by atoms with Crippen LogP contribution in [0.1, 0.15) is 35.3 Å². The number of nitrogens with one attached hydrogen (secondary N) is 1. The van der Waals surface area contributed by atoms with E-state index in [4.69, 9.17) is 4.42 Å². The molecule has 9 heteroatoms. The molecule has 0 spiro atoms. The number of amides is 2. The highest BCUT2D eigenvalue weighted by Gasteiger charge is 2.25. The number of tetrazole rings is 1. The van der Waals surface area contributed by atoms with Gasteiger partial charge in [0.15, 0.2) is 5.76 Å². The number of benzene rings is 2. The van der Waals surface area contributed by atoms with E-state index in [-0.39, 0.29) is 24.9 Å². The molecule has 0 saturated carbocycles. The minimum Gasteiger partial charge on any atom is -0.458 e. The Morgan fingerprint density at radius 1 is 1.03 bits per heavy atom. The van der Waals surface area contributed by atoms with E-state index in [0.29, 0.717) is 18.1 Å². The van der Waals surface area contributed by atoms with Crippen molar-refractivity contribution in [2.24, 2.45) is 0 Å².